The van der Waals surface area contributed by atoms with Crippen LogP contribution in [0.3, 0.4) is 0 Å². The fraction of sp³-hybridized carbons (Fsp3) is 0.207. The molecular formula is C29H24N2O4. The highest BCUT2D eigenvalue weighted by molar-refractivity contribution is 6.23. The van der Waals surface area contributed by atoms with Crippen molar-refractivity contribution in [3.63, 3.8) is 0 Å². The van der Waals surface area contributed by atoms with Gasteiger partial charge < -0.3 is 10.1 Å². The second-order valence-corrected chi connectivity index (χ2v) is 9.45. The molecule has 4 atom stereocenters. The van der Waals surface area contributed by atoms with E-state index in [0.717, 1.165) is 17.7 Å². The number of aryl methyl sites for hydroxylation is 1. The number of ether oxygens (including phenoxy) is 1. The van der Waals surface area contributed by atoms with Gasteiger partial charge in [-0.2, -0.15) is 0 Å². The molecule has 0 aromatic heterocycles. The van der Waals surface area contributed by atoms with Crippen LogP contribution in [-0.2, 0) is 9.59 Å². The SMILES string of the molecule is Cc1ccc(Oc2ccc(NC(=O)c3ccc(N4C(=O)[C@@H]5[C@@H](C4=O)[C@H]4C=C[C@H]5C4)cc3)cc2)cc1. The molecule has 3 amide bonds. The third-order valence-corrected chi connectivity index (χ3v) is 7.23. The Hall–Kier alpha value is -4.19. The van der Waals surface area contributed by atoms with Crippen LogP contribution in [0.1, 0.15) is 22.3 Å². The van der Waals surface area contributed by atoms with E-state index in [2.05, 4.69) is 17.5 Å². The predicted molar refractivity (Wildman–Crippen MR) is 132 cm³/mol. The van der Waals surface area contributed by atoms with E-state index in [9.17, 15) is 14.4 Å². The van der Waals surface area contributed by atoms with Crippen LogP contribution in [-0.4, -0.2) is 17.7 Å². The van der Waals surface area contributed by atoms with Crippen molar-refractivity contribution >= 4 is 29.1 Å². The minimum atomic E-state index is -0.276. The third-order valence-electron chi connectivity index (χ3n) is 7.23. The zero-order valence-electron chi connectivity index (χ0n) is 19.2. The smallest absolute Gasteiger partial charge is 0.255 e. The molecule has 3 aromatic rings. The summed E-state index contributed by atoms with van der Waals surface area (Å²) in [6.45, 7) is 2.02. The van der Waals surface area contributed by atoms with Crippen LogP contribution in [0.5, 0.6) is 11.5 Å². The molecule has 1 aliphatic heterocycles. The third kappa shape index (κ3) is 3.71. The zero-order valence-corrected chi connectivity index (χ0v) is 19.2. The summed E-state index contributed by atoms with van der Waals surface area (Å²) in [5.74, 6) is 0.762. The lowest BCUT2D eigenvalue weighted by molar-refractivity contribution is -0.123. The summed E-state index contributed by atoms with van der Waals surface area (Å²) < 4.78 is 5.83. The Morgan fingerprint density at radius 3 is 1.91 bits per heavy atom. The Labute approximate surface area is 203 Å². The lowest BCUT2D eigenvalue weighted by Crippen LogP contribution is -2.32. The van der Waals surface area contributed by atoms with E-state index in [0.29, 0.717) is 22.7 Å². The minimum Gasteiger partial charge on any atom is -0.457 e. The molecule has 1 saturated carbocycles. The first-order chi connectivity index (χ1) is 17.0. The summed E-state index contributed by atoms with van der Waals surface area (Å²) in [7, 11) is 0. The second kappa shape index (κ2) is 8.24. The average molecular weight is 465 g/mol. The van der Waals surface area contributed by atoms with Gasteiger partial charge in [0, 0.05) is 11.3 Å². The first-order valence-electron chi connectivity index (χ1n) is 11.8. The first kappa shape index (κ1) is 21.4. The van der Waals surface area contributed by atoms with Gasteiger partial charge in [0.25, 0.3) is 5.91 Å². The summed E-state index contributed by atoms with van der Waals surface area (Å²) in [4.78, 5) is 40.0. The van der Waals surface area contributed by atoms with Gasteiger partial charge >= 0.3 is 0 Å². The Morgan fingerprint density at radius 2 is 1.34 bits per heavy atom. The highest BCUT2D eigenvalue weighted by atomic mass is 16.5. The monoisotopic (exact) mass is 464 g/mol. The molecule has 6 heteroatoms. The molecule has 1 saturated heterocycles. The topological polar surface area (TPSA) is 75.7 Å². The van der Waals surface area contributed by atoms with E-state index in [4.69, 9.17) is 4.74 Å². The summed E-state index contributed by atoms with van der Waals surface area (Å²) in [6.07, 6.45) is 5.06. The number of hydrogen-bond acceptors (Lipinski definition) is 4. The van der Waals surface area contributed by atoms with Crippen molar-refractivity contribution in [1.29, 1.82) is 0 Å². The molecule has 6 rings (SSSR count). The fourth-order valence-electron chi connectivity index (χ4n) is 5.47. The van der Waals surface area contributed by atoms with Crippen LogP contribution in [0.15, 0.2) is 84.9 Å². The molecule has 0 radical (unpaired) electrons. The van der Waals surface area contributed by atoms with Gasteiger partial charge in [-0.3, -0.25) is 19.3 Å². The number of fused-ring (bicyclic) bond motifs is 5. The Morgan fingerprint density at radius 1 is 0.800 bits per heavy atom. The number of rotatable bonds is 5. The molecule has 1 N–H and O–H groups in total. The van der Waals surface area contributed by atoms with Gasteiger partial charge in [0.1, 0.15) is 11.5 Å². The normalized spacial score (nSPS) is 24.1. The van der Waals surface area contributed by atoms with Gasteiger partial charge in [-0.15, -0.1) is 0 Å². The molecule has 2 bridgehead atoms. The van der Waals surface area contributed by atoms with Gasteiger partial charge in [-0.05, 0) is 85.8 Å². The Kier molecular flexibility index (Phi) is 5.02. The van der Waals surface area contributed by atoms with Gasteiger partial charge in [-0.25, -0.2) is 0 Å². The number of nitrogens with one attached hydrogen (secondary N) is 1. The van der Waals surface area contributed by atoms with E-state index in [-0.39, 0.29) is 41.4 Å². The maximum Gasteiger partial charge on any atom is 0.255 e. The number of anilines is 2. The standard InChI is InChI=1S/C29H24N2O4/c1-17-2-12-23(13-3-17)35-24-14-8-21(9-15-24)30-27(32)18-6-10-22(11-7-18)31-28(33)25-19-4-5-20(16-19)26(25)29(31)34/h2-15,19-20,25-26H,16H2,1H3,(H,30,32)/t19-,20-,25-,26-/m0/s1. The van der Waals surface area contributed by atoms with Crippen molar-refractivity contribution in [2.75, 3.05) is 10.2 Å². The zero-order chi connectivity index (χ0) is 24.1. The quantitative estimate of drug-likeness (QED) is 0.408. The lowest BCUT2D eigenvalue weighted by atomic mass is 9.85. The molecule has 3 aliphatic rings. The molecular weight excluding hydrogens is 440 g/mol. The largest absolute Gasteiger partial charge is 0.457 e. The maximum atomic E-state index is 13.0. The summed E-state index contributed by atoms with van der Waals surface area (Å²) in [5.41, 5.74) is 2.75. The van der Waals surface area contributed by atoms with Crippen molar-refractivity contribution < 1.29 is 19.1 Å². The lowest BCUT2D eigenvalue weighted by Gasteiger charge is -2.17. The molecule has 1 heterocycles. The molecule has 3 aromatic carbocycles. The van der Waals surface area contributed by atoms with Crippen LogP contribution in [0.25, 0.3) is 0 Å². The molecule has 174 valence electrons. The van der Waals surface area contributed by atoms with Crippen molar-refractivity contribution in [3.8, 4) is 11.5 Å². The van der Waals surface area contributed by atoms with Crippen LogP contribution >= 0.6 is 0 Å². The van der Waals surface area contributed by atoms with Crippen molar-refractivity contribution in [1.82, 2.24) is 0 Å². The van der Waals surface area contributed by atoms with Gasteiger partial charge in [-0.1, -0.05) is 29.8 Å². The fourth-order valence-corrected chi connectivity index (χ4v) is 5.47. The Balaban J connectivity index is 1.11. The first-order valence-corrected chi connectivity index (χ1v) is 11.8. The van der Waals surface area contributed by atoms with E-state index in [1.807, 2.05) is 31.2 Å². The molecule has 2 aliphatic carbocycles. The molecule has 0 spiro atoms. The average Bonchev–Trinajstić information content (AvgIpc) is 3.55. The number of benzene rings is 3. The Bertz CT molecular complexity index is 1310. The summed E-state index contributed by atoms with van der Waals surface area (Å²) in [6, 6.07) is 21.5. The number of carbonyl (C=O) groups excluding carboxylic acids is 3. The van der Waals surface area contributed by atoms with Crippen LogP contribution in [0.4, 0.5) is 11.4 Å². The maximum absolute atomic E-state index is 13.0. The van der Waals surface area contributed by atoms with Crippen molar-refractivity contribution in [2.45, 2.75) is 13.3 Å². The van der Waals surface area contributed by atoms with E-state index >= 15 is 0 Å². The summed E-state index contributed by atoms with van der Waals surface area (Å²) in [5, 5.41) is 2.87. The summed E-state index contributed by atoms with van der Waals surface area (Å²) >= 11 is 0. The van der Waals surface area contributed by atoms with Crippen LogP contribution in [0.2, 0.25) is 0 Å². The number of carbonyl (C=O) groups is 3. The van der Waals surface area contributed by atoms with E-state index in [1.165, 1.54) is 4.90 Å². The second-order valence-electron chi connectivity index (χ2n) is 9.45. The number of hydrogen-bond donors (Lipinski definition) is 1. The van der Waals surface area contributed by atoms with Gasteiger partial charge in [0.15, 0.2) is 0 Å². The number of imide groups is 1. The van der Waals surface area contributed by atoms with Gasteiger partial charge in [0.05, 0.1) is 17.5 Å². The number of nitrogens with zero attached hydrogens (tertiary/aromatic N) is 1. The number of amides is 3. The minimum absolute atomic E-state index is 0.123. The van der Waals surface area contributed by atoms with Crippen LogP contribution in [0, 0.1) is 30.6 Å². The molecule has 6 nitrogen and oxygen atoms in total. The predicted octanol–water partition coefficient (Wildman–Crippen LogP) is 5.35. The van der Waals surface area contributed by atoms with E-state index < -0.39 is 0 Å². The van der Waals surface area contributed by atoms with Crippen molar-refractivity contribution in [2.24, 2.45) is 23.7 Å². The number of allylic oxidation sites excluding steroid dienone is 2. The molecule has 2 fully saturated rings. The van der Waals surface area contributed by atoms with Gasteiger partial charge in [0.2, 0.25) is 11.8 Å². The highest BCUT2D eigenvalue weighted by Crippen LogP contribution is 2.53. The van der Waals surface area contributed by atoms with E-state index in [1.54, 1.807) is 48.5 Å². The van der Waals surface area contributed by atoms with Crippen LogP contribution < -0.4 is 15.0 Å². The molecule has 35 heavy (non-hydrogen) atoms. The van der Waals surface area contributed by atoms with Crippen molar-refractivity contribution in [3.05, 3.63) is 96.1 Å². The highest BCUT2D eigenvalue weighted by Gasteiger charge is 2.59. The molecule has 0 unspecified atom stereocenters.